The van der Waals surface area contributed by atoms with E-state index in [1.807, 2.05) is 24.3 Å². The average Bonchev–Trinajstić information content (AvgIpc) is 2.82. The number of nitrogens with zero attached hydrogens (tertiary/aromatic N) is 2. The molecule has 3 aromatic rings. The molecular weight excluding hydrogens is 396 g/mol. The summed E-state index contributed by atoms with van der Waals surface area (Å²) in [6.45, 7) is 2.08. The molecule has 2 aromatic carbocycles. The smallest absolute Gasteiger partial charge is 0.319 e. The molecule has 1 unspecified atom stereocenters. The quantitative estimate of drug-likeness (QED) is 0.481. The Morgan fingerprint density at radius 2 is 1.58 bits per heavy atom. The van der Waals surface area contributed by atoms with Crippen molar-refractivity contribution in [2.45, 2.75) is 19.3 Å². The maximum absolute atomic E-state index is 13.6. The van der Waals surface area contributed by atoms with E-state index in [4.69, 9.17) is 18.9 Å². The second-order valence-corrected chi connectivity index (χ2v) is 6.99. The van der Waals surface area contributed by atoms with Gasteiger partial charge in [0.2, 0.25) is 5.88 Å². The first-order valence-corrected chi connectivity index (χ1v) is 9.81. The van der Waals surface area contributed by atoms with E-state index in [1.54, 1.807) is 13.2 Å². The minimum atomic E-state index is -0.268. The van der Waals surface area contributed by atoms with Gasteiger partial charge in [-0.05, 0) is 35.6 Å². The third-order valence-corrected chi connectivity index (χ3v) is 5.07. The molecule has 0 radical (unpaired) electrons. The van der Waals surface area contributed by atoms with Crippen molar-refractivity contribution in [1.29, 1.82) is 0 Å². The molecule has 3 rings (SSSR count). The van der Waals surface area contributed by atoms with Crippen LogP contribution in [0, 0.1) is 0 Å². The van der Waals surface area contributed by atoms with Crippen LogP contribution in [0.25, 0.3) is 0 Å². The highest BCUT2D eigenvalue weighted by Gasteiger charge is 2.25. The number of carbonyl (C=O) groups excluding carboxylic acids is 1. The highest BCUT2D eigenvalue weighted by atomic mass is 16.5. The van der Waals surface area contributed by atoms with Crippen LogP contribution < -0.4 is 18.9 Å². The van der Waals surface area contributed by atoms with Gasteiger partial charge >= 0.3 is 6.01 Å². The van der Waals surface area contributed by atoms with Gasteiger partial charge in [-0.25, -0.2) is 4.98 Å². The van der Waals surface area contributed by atoms with Gasteiger partial charge in [-0.1, -0.05) is 37.3 Å². The van der Waals surface area contributed by atoms with Gasteiger partial charge < -0.3 is 18.9 Å². The lowest BCUT2D eigenvalue weighted by Crippen LogP contribution is -2.13. The molecule has 7 heteroatoms. The van der Waals surface area contributed by atoms with E-state index < -0.39 is 0 Å². The molecule has 0 aliphatic heterocycles. The van der Waals surface area contributed by atoms with Gasteiger partial charge in [-0.15, -0.1) is 0 Å². The fourth-order valence-electron chi connectivity index (χ4n) is 3.48. The summed E-state index contributed by atoms with van der Waals surface area (Å²) >= 11 is 0. The minimum absolute atomic E-state index is 0.0336. The van der Waals surface area contributed by atoms with Gasteiger partial charge in [0.05, 0.1) is 28.4 Å². The van der Waals surface area contributed by atoms with Crippen molar-refractivity contribution in [3.05, 3.63) is 70.9 Å². The number of benzene rings is 2. The SMILES string of the molecule is COc1ncc(C(=O)c2cc(OC)c(OC)cc2C(C)Cc2ccccc2)c(OC)n1. The second kappa shape index (κ2) is 9.93. The molecule has 1 aromatic heterocycles. The lowest BCUT2D eigenvalue weighted by atomic mass is 9.87. The van der Waals surface area contributed by atoms with Crippen LogP contribution in [0.15, 0.2) is 48.7 Å². The summed E-state index contributed by atoms with van der Waals surface area (Å²) in [5.74, 6) is 0.941. The summed E-state index contributed by atoms with van der Waals surface area (Å²) in [7, 11) is 6.02. The second-order valence-electron chi connectivity index (χ2n) is 6.99. The predicted octanol–water partition coefficient (Wildman–Crippen LogP) is 4.09. The third kappa shape index (κ3) is 4.77. The molecule has 0 bridgehead atoms. The molecule has 0 aliphatic rings. The lowest BCUT2D eigenvalue weighted by molar-refractivity contribution is 0.103. The first-order valence-electron chi connectivity index (χ1n) is 9.81. The molecule has 0 fully saturated rings. The molecule has 0 amide bonds. The predicted molar refractivity (Wildman–Crippen MR) is 117 cm³/mol. The van der Waals surface area contributed by atoms with E-state index in [-0.39, 0.29) is 29.2 Å². The highest BCUT2D eigenvalue weighted by molar-refractivity contribution is 6.11. The highest BCUT2D eigenvalue weighted by Crippen LogP contribution is 2.37. The standard InChI is InChI=1S/C24H26N2O5/c1-15(11-16-9-7-6-8-10-16)17-12-20(28-2)21(29-3)13-18(17)22(27)19-14-25-24(31-5)26-23(19)30-4/h6-10,12-15H,11H2,1-5H3. The van der Waals surface area contributed by atoms with Crippen molar-refractivity contribution in [1.82, 2.24) is 9.97 Å². The molecule has 7 nitrogen and oxygen atoms in total. The summed E-state index contributed by atoms with van der Waals surface area (Å²) in [6, 6.07) is 13.8. The van der Waals surface area contributed by atoms with Crippen molar-refractivity contribution in [2.24, 2.45) is 0 Å². The molecule has 1 heterocycles. The third-order valence-electron chi connectivity index (χ3n) is 5.07. The molecule has 31 heavy (non-hydrogen) atoms. The largest absolute Gasteiger partial charge is 0.493 e. The van der Waals surface area contributed by atoms with E-state index in [0.29, 0.717) is 17.1 Å². The van der Waals surface area contributed by atoms with E-state index in [9.17, 15) is 4.79 Å². The maximum atomic E-state index is 13.6. The first kappa shape index (κ1) is 22.1. The molecule has 1 atom stereocenters. The van der Waals surface area contributed by atoms with E-state index in [1.165, 1.54) is 33.1 Å². The van der Waals surface area contributed by atoms with Gasteiger partial charge in [-0.3, -0.25) is 4.79 Å². The minimum Gasteiger partial charge on any atom is -0.493 e. The summed E-state index contributed by atoms with van der Waals surface area (Å²) in [6.07, 6.45) is 2.17. The fraction of sp³-hybridized carbons (Fsp3) is 0.292. The molecule has 0 N–H and O–H groups in total. The van der Waals surface area contributed by atoms with Crippen molar-refractivity contribution in [2.75, 3.05) is 28.4 Å². The number of hydrogen-bond donors (Lipinski definition) is 0. The number of hydrogen-bond acceptors (Lipinski definition) is 7. The van der Waals surface area contributed by atoms with Crippen LogP contribution in [0.1, 0.15) is 39.9 Å². The molecule has 0 aliphatic carbocycles. The van der Waals surface area contributed by atoms with Crippen molar-refractivity contribution in [3.63, 3.8) is 0 Å². The Morgan fingerprint density at radius 3 is 2.19 bits per heavy atom. The summed E-state index contributed by atoms with van der Waals surface area (Å²) in [5.41, 5.74) is 2.73. The Hall–Kier alpha value is -3.61. The monoisotopic (exact) mass is 422 g/mol. The number of aromatic nitrogens is 2. The van der Waals surface area contributed by atoms with Crippen molar-refractivity contribution >= 4 is 5.78 Å². The van der Waals surface area contributed by atoms with Gasteiger partial charge in [0, 0.05) is 11.8 Å². The number of carbonyl (C=O) groups is 1. The van der Waals surface area contributed by atoms with Crippen LogP contribution in [0.2, 0.25) is 0 Å². The Labute approximate surface area is 182 Å². The topological polar surface area (TPSA) is 79.8 Å². The van der Waals surface area contributed by atoms with Crippen molar-refractivity contribution < 1.29 is 23.7 Å². The fourth-order valence-corrected chi connectivity index (χ4v) is 3.48. The van der Waals surface area contributed by atoms with Crippen LogP contribution >= 0.6 is 0 Å². The van der Waals surface area contributed by atoms with Crippen molar-refractivity contribution in [3.8, 4) is 23.4 Å². The normalized spacial score (nSPS) is 11.5. The van der Waals surface area contributed by atoms with E-state index in [0.717, 1.165) is 12.0 Å². The number of rotatable bonds is 9. The van der Waals surface area contributed by atoms with Gasteiger partial charge in [0.1, 0.15) is 5.56 Å². The van der Waals surface area contributed by atoms with Crippen LogP contribution in [0.3, 0.4) is 0 Å². The molecule has 162 valence electrons. The zero-order chi connectivity index (χ0) is 22.4. The van der Waals surface area contributed by atoms with Crippen LogP contribution in [-0.2, 0) is 6.42 Å². The Kier molecular flexibility index (Phi) is 7.07. The van der Waals surface area contributed by atoms with E-state index >= 15 is 0 Å². The molecular formula is C24H26N2O5. The summed E-state index contributed by atoms with van der Waals surface area (Å²) in [4.78, 5) is 21.8. The Bertz CT molecular complexity index is 1050. The molecule has 0 saturated carbocycles. The first-order chi connectivity index (χ1) is 15.0. The van der Waals surface area contributed by atoms with Crippen LogP contribution in [0.5, 0.6) is 23.4 Å². The van der Waals surface area contributed by atoms with Crippen LogP contribution in [0.4, 0.5) is 0 Å². The summed E-state index contributed by atoms with van der Waals surface area (Å²) in [5, 5.41) is 0. The summed E-state index contributed by atoms with van der Waals surface area (Å²) < 4.78 is 21.3. The number of methoxy groups -OCH3 is 4. The molecule has 0 spiro atoms. The van der Waals surface area contributed by atoms with Gasteiger partial charge in [-0.2, -0.15) is 4.98 Å². The maximum Gasteiger partial charge on any atom is 0.319 e. The molecule has 0 saturated heterocycles. The van der Waals surface area contributed by atoms with Crippen LogP contribution in [-0.4, -0.2) is 44.2 Å². The lowest BCUT2D eigenvalue weighted by Gasteiger charge is -2.20. The average molecular weight is 422 g/mol. The van der Waals surface area contributed by atoms with Gasteiger partial charge in [0.25, 0.3) is 0 Å². The zero-order valence-electron chi connectivity index (χ0n) is 18.3. The number of ketones is 1. The van der Waals surface area contributed by atoms with Gasteiger partial charge in [0.15, 0.2) is 17.3 Å². The Balaban J connectivity index is 2.10. The number of ether oxygens (including phenoxy) is 4. The zero-order valence-corrected chi connectivity index (χ0v) is 18.3. The Morgan fingerprint density at radius 1 is 0.903 bits per heavy atom. The van der Waals surface area contributed by atoms with E-state index in [2.05, 4.69) is 29.0 Å².